The molecule has 18 heavy (non-hydrogen) atoms. The lowest BCUT2D eigenvalue weighted by atomic mass is 10.2. The summed E-state index contributed by atoms with van der Waals surface area (Å²) in [6.07, 6.45) is 0. The minimum Gasteiger partial charge on any atom is -0.399 e. The fourth-order valence-electron chi connectivity index (χ4n) is 1.50. The number of halogens is 2. The van der Waals surface area contributed by atoms with Crippen molar-refractivity contribution in [3.8, 4) is 0 Å². The molecule has 0 aromatic heterocycles. The maximum Gasteiger partial charge on any atom is 0.127 e. The van der Waals surface area contributed by atoms with Crippen LogP contribution in [0.1, 0.15) is 5.56 Å². The number of hydrogen-bond acceptors (Lipinski definition) is 2. The van der Waals surface area contributed by atoms with Gasteiger partial charge in [0.1, 0.15) is 5.82 Å². The molecule has 2 aromatic carbocycles. The Morgan fingerprint density at radius 2 is 1.83 bits per heavy atom. The molecule has 94 valence electrons. The highest BCUT2D eigenvalue weighted by atomic mass is 79.9. The van der Waals surface area contributed by atoms with Crippen molar-refractivity contribution in [2.24, 2.45) is 0 Å². The van der Waals surface area contributed by atoms with Crippen LogP contribution in [0.15, 0.2) is 51.8 Å². The third kappa shape index (κ3) is 3.17. The molecule has 2 rings (SSSR count). The van der Waals surface area contributed by atoms with Crippen LogP contribution in [-0.4, -0.2) is 4.21 Å². The van der Waals surface area contributed by atoms with E-state index < -0.39 is 10.8 Å². The Balaban J connectivity index is 2.21. The molecule has 1 atom stereocenters. The Kier molecular flexibility index (Phi) is 4.14. The number of hydrogen-bond donors (Lipinski definition) is 1. The lowest BCUT2D eigenvalue weighted by Gasteiger charge is -2.05. The highest BCUT2D eigenvalue weighted by molar-refractivity contribution is 9.10. The first-order valence-corrected chi connectivity index (χ1v) is 7.35. The Labute approximate surface area is 116 Å². The Morgan fingerprint density at radius 1 is 1.17 bits per heavy atom. The van der Waals surface area contributed by atoms with E-state index in [0.29, 0.717) is 16.1 Å². The van der Waals surface area contributed by atoms with Crippen LogP contribution in [0, 0.1) is 5.82 Å². The minimum atomic E-state index is -1.28. The van der Waals surface area contributed by atoms with Crippen LogP contribution in [0.2, 0.25) is 0 Å². The molecule has 5 heteroatoms. The molecule has 2 nitrogen and oxygen atoms in total. The van der Waals surface area contributed by atoms with Gasteiger partial charge in [-0.3, -0.25) is 4.21 Å². The van der Waals surface area contributed by atoms with E-state index in [9.17, 15) is 8.60 Å². The average Bonchev–Trinajstić information content (AvgIpc) is 2.34. The first kappa shape index (κ1) is 13.2. The third-order valence-corrected chi connectivity index (χ3v) is 4.30. The van der Waals surface area contributed by atoms with Gasteiger partial charge in [-0.15, -0.1) is 0 Å². The van der Waals surface area contributed by atoms with Crippen molar-refractivity contribution in [2.45, 2.75) is 10.6 Å². The van der Waals surface area contributed by atoms with Crippen molar-refractivity contribution >= 4 is 32.4 Å². The van der Waals surface area contributed by atoms with Crippen LogP contribution in [-0.2, 0) is 16.6 Å². The van der Waals surface area contributed by atoms with Crippen molar-refractivity contribution in [3.05, 3.63) is 58.3 Å². The SMILES string of the molecule is Nc1ccc(S(=O)Cc2cc(Br)ccc2F)cc1. The van der Waals surface area contributed by atoms with Gasteiger partial charge >= 0.3 is 0 Å². The summed E-state index contributed by atoms with van der Waals surface area (Å²) < 4.78 is 26.4. The van der Waals surface area contributed by atoms with E-state index in [1.807, 2.05) is 0 Å². The van der Waals surface area contributed by atoms with Crippen LogP contribution in [0.5, 0.6) is 0 Å². The van der Waals surface area contributed by atoms with Crippen LogP contribution < -0.4 is 5.73 Å². The number of rotatable bonds is 3. The molecule has 0 aliphatic rings. The summed E-state index contributed by atoms with van der Waals surface area (Å²) in [7, 11) is -1.28. The minimum absolute atomic E-state index is 0.148. The molecule has 0 bridgehead atoms. The molecule has 0 aliphatic heterocycles. The van der Waals surface area contributed by atoms with Gasteiger partial charge < -0.3 is 5.73 Å². The van der Waals surface area contributed by atoms with Gasteiger partial charge in [0.2, 0.25) is 0 Å². The van der Waals surface area contributed by atoms with Crippen molar-refractivity contribution in [1.82, 2.24) is 0 Å². The number of benzene rings is 2. The highest BCUT2D eigenvalue weighted by Gasteiger charge is 2.09. The molecule has 2 N–H and O–H groups in total. The summed E-state index contributed by atoms with van der Waals surface area (Å²) in [5.41, 5.74) is 6.60. The standard InChI is InChI=1S/C13H11BrFNOS/c14-10-1-6-13(15)9(7-10)8-18(17)12-4-2-11(16)3-5-12/h1-7H,8,16H2. The van der Waals surface area contributed by atoms with Gasteiger partial charge in [-0.2, -0.15) is 0 Å². The van der Waals surface area contributed by atoms with Crippen molar-refractivity contribution < 1.29 is 8.60 Å². The summed E-state index contributed by atoms with van der Waals surface area (Å²) in [6, 6.07) is 11.4. The van der Waals surface area contributed by atoms with E-state index in [1.54, 1.807) is 36.4 Å². The molecule has 0 amide bonds. The summed E-state index contributed by atoms with van der Waals surface area (Å²) in [5, 5.41) is 0. The Hall–Kier alpha value is -1.20. The van der Waals surface area contributed by atoms with Gasteiger partial charge in [0.15, 0.2) is 0 Å². The number of anilines is 1. The molecule has 0 saturated carbocycles. The lowest BCUT2D eigenvalue weighted by Crippen LogP contribution is -1.99. The second kappa shape index (κ2) is 5.63. The summed E-state index contributed by atoms with van der Waals surface area (Å²) in [5.74, 6) is -0.197. The van der Waals surface area contributed by atoms with E-state index in [-0.39, 0.29) is 11.6 Å². The van der Waals surface area contributed by atoms with Crippen molar-refractivity contribution in [1.29, 1.82) is 0 Å². The van der Waals surface area contributed by atoms with Gasteiger partial charge in [-0.25, -0.2) is 4.39 Å². The maximum absolute atomic E-state index is 13.5. The zero-order valence-electron chi connectivity index (χ0n) is 9.40. The molecule has 1 unspecified atom stereocenters. The monoisotopic (exact) mass is 327 g/mol. The zero-order valence-corrected chi connectivity index (χ0v) is 11.8. The summed E-state index contributed by atoms with van der Waals surface area (Å²) in [4.78, 5) is 0.642. The molecule has 0 fully saturated rings. The van der Waals surface area contributed by atoms with Crippen molar-refractivity contribution in [2.75, 3.05) is 5.73 Å². The van der Waals surface area contributed by atoms with Crippen molar-refractivity contribution in [3.63, 3.8) is 0 Å². The van der Waals surface area contributed by atoms with E-state index >= 15 is 0 Å². The van der Waals surface area contributed by atoms with E-state index in [0.717, 1.165) is 4.47 Å². The normalized spacial score (nSPS) is 12.3. The average molecular weight is 328 g/mol. The molecule has 0 radical (unpaired) electrons. The van der Waals surface area contributed by atoms with E-state index in [1.165, 1.54) is 6.07 Å². The second-order valence-corrected chi connectivity index (χ2v) is 6.16. The summed E-state index contributed by atoms with van der Waals surface area (Å²) in [6.45, 7) is 0. The van der Waals surface area contributed by atoms with Gasteiger partial charge in [0.25, 0.3) is 0 Å². The van der Waals surface area contributed by atoms with Gasteiger partial charge in [-0.05, 0) is 42.5 Å². The number of nitrogen functional groups attached to an aromatic ring is 1. The van der Waals surface area contributed by atoms with Crippen LogP contribution in [0.25, 0.3) is 0 Å². The molecular weight excluding hydrogens is 317 g/mol. The van der Waals surface area contributed by atoms with E-state index in [2.05, 4.69) is 15.9 Å². The Morgan fingerprint density at radius 3 is 2.50 bits per heavy atom. The quantitative estimate of drug-likeness (QED) is 0.877. The molecule has 2 aromatic rings. The Bertz CT molecular complexity index is 586. The maximum atomic E-state index is 13.5. The summed E-state index contributed by atoms with van der Waals surface area (Å²) >= 11 is 3.27. The fraction of sp³-hybridized carbons (Fsp3) is 0.0769. The van der Waals surface area contributed by atoms with Gasteiger partial charge in [-0.1, -0.05) is 15.9 Å². The molecule has 0 spiro atoms. The van der Waals surface area contributed by atoms with Crippen LogP contribution >= 0.6 is 15.9 Å². The molecule has 0 saturated heterocycles. The van der Waals surface area contributed by atoms with Crippen LogP contribution in [0.3, 0.4) is 0 Å². The number of nitrogens with two attached hydrogens (primary N) is 1. The highest BCUT2D eigenvalue weighted by Crippen LogP contribution is 2.20. The van der Waals surface area contributed by atoms with Crippen LogP contribution in [0.4, 0.5) is 10.1 Å². The predicted octanol–water partition coefficient (Wildman–Crippen LogP) is 3.48. The second-order valence-electron chi connectivity index (χ2n) is 3.79. The topological polar surface area (TPSA) is 43.1 Å². The lowest BCUT2D eigenvalue weighted by molar-refractivity contribution is 0.615. The smallest absolute Gasteiger partial charge is 0.127 e. The zero-order chi connectivity index (χ0) is 13.1. The first-order valence-electron chi connectivity index (χ1n) is 5.24. The predicted molar refractivity (Wildman–Crippen MR) is 75.1 cm³/mol. The first-order chi connectivity index (χ1) is 8.56. The molecule has 0 aliphatic carbocycles. The molecular formula is C13H11BrFNOS. The third-order valence-electron chi connectivity index (χ3n) is 2.44. The van der Waals surface area contributed by atoms with Gasteiger partial charge in [0, 0.05) is 20.6 Å². The molecule has 0 heterocycles. The fourth-order valence-corrected chi connectivity index (χ4v) is 3.02. The van der Waals surface area contributed by atoms with Gasteiger partial charge in [0.05, 0.1) is 16.6 Å². The van der Waals surface area contributed by atoms with E-state index in [4.69, 9.17) is 5.73 Å². The largest absolute Gasteiger partial charge is 0.399 e.